The van der Waals surface area contributed by atoms with E-state index >= 15 is 0 Å². The van der Waals surface area contributed by atoms with E-state index < -0.39 is 22.2 Å². The summed E-state index contributed by atoms with van der Waals surface area (Å²) in [5.74, 6) is -1.17. The summed E-state index contributed by atoms with van der Waals surface area (Å²) in [6, 6.07) is 1.65. The summed E-state index contributed by atoms with van der Waals surface area (Å²) in [5, 5.41) is 14.3. The number of fused-ring (bicyclic) bond motifs is 1. The van der Waals surface area contributed by atoms with Crippen molar-refractivity contribution in [3.8, 4) is 0 Å². The van der Waals surface area contributed by atoms with Crippen LogP contribution in [0.1, 0.15) is 6.92 Å². The van der Waals surface area contributed by atoms with E-state index in [0.29, 0.717) is 24.4 Å². The molecule has 108 valence electrons. The fourth-order valence-corrected chi connectivity index (χ4v) is 3.44. The molecule has 2 saturated heterocycles. The minimum atomic E-state index is -1.12. The molecule has 3 atom stereocenters. The summed E-state index contributed by atoms with van der Waals surface area (Å²) in [7, 11) is 0. The van der Waals surface area contributed by atoms with Crippen LogP contribution in [0.2, 0.25) is 0 Å². The summed E-state index contributed by atoms with van der Waals surface area (Å²) in [5.41, 5.74) is -0.583. The van der Waals surface area contributed by atoms with E-state index in [1.807, 2.05) is 6.92 Å². The highest BCUT2D eigenvalue weighted by Gasteiger charge is 2.44. The normalized spacial score (nSPS) is 28.8. The van der Waals surface area contributed by atoms with Crippen molar-refractivity contribution in [3.05, 3.63) is 33.9 Å². The SMILES string of the molecule is CC1C2CNCC2CN1c1cc(F)cc(F)c1[N+](=O)[O-]. The Morgan fingerprint density at radius 1 is 1.40 bits per heavy atom. The van der Waals surface area contributed by atoms with Crippen LogP contribution in [0, 0.1) is 33.6 Å². The first-order valence-electron chi connectivity index (χ1n) is 6.60. The number of nitro benzene ring substituents is 1. The molecule has 0 aromatic heterocycles. The zero-order valence-corrected chi connectivity index (χ0v) is 11.0. The van der Waals surface area contributed by atoms with Gasteiger partial charge >= 0.3 is 5.69 Å². The topological polar surface area (TPSA) is 58.4 Å². The van der Waals surface area contributed by atoms with Gasteiger partial charge in [0, 0.05) is 37.8 Å². The van der Waals surface area contributed by atoms with E-state index in [-0.39, 0.29) is 11.7 Å². The molecular weight excluding hydrogens is 268 g/mol. The molecule has 0 saturated carbocycles. The molecular formula is C13H15F2N3O2. The largest absolute Gasteiger partial charge is 0.362 e. The third-order valence-electron chi connectivity index (χ3n) is 4.43. The van der Waals surface area contributed by atoms with Crippen molar-refractivity contribution >= 4 is 11.4 Å². The molecule has 0 aliphatic carbocycles. The molecule has 0 amide bonds. The van der Waals surface area contributed by atoms with Gasteiger partial charge < -0.3 is 10.2 Å². The second-order valence-electron chi connectivity index (χ2n) is 5.49. The van der Waals surface area contributed by atoms with Crippen LogP contribution in [0.15, 0.2) is 12.1 Å². The molecule has 20 heavy (non-hydrogen) atoms. The molecule has 2 aliphatic rings. The highest BCUT2D eigenvalue weighted by Crippen LogP contribution is 2.40. The third-order valence-corrected chi connectivity index (χ3v) is 4.43. The molecule has 0 spiro atoms. The van der Waals surface area contributed by atoms with Crippen LogP contribution in [0.4, 0.5) is 20.2 Å². The lowest BCUT2D eigenvalue weighted by molar-refractivity contribution is -0.386. The lowest BCUT2D eigenvalue weighted by Gasteiger charge is -2.26. The Balaban J connectivity index is 2.04. The van der Waals surface area contributed by atoms with Gasteiger partial charge in [-0.2, -0.15) is 4.39 Å². The van der Waals surface area contributed by atoms with E-state index in [0.717, 1.165) is 19.2 Å². The molecule has 1 aromatic carbocycles. The Morgan fingerprint density at radius 2 is 2.15 bits per heavy atom. The zero-order chi connectivity index (χ0) is 14.4. The highest BCUT2D eigenvalue weighted by molar-refractivity contribution is 5.65. The number of anilines is 1. The first kappa shape index (κ1) is 13.2. The Kier molecular flexibility index (Phi) is 3.08. The number of benzene rings is 1. The van der Waals surface area contributed by atoms with Crippen molar-refractivity contribution in [3.63, 3.8) is 0 Å². The van der Waals surface area contributed by atoms with Crippen LogP contribution in [-0.4, -0.2) is 30.6 Å². The van der Waals surface area contributed by atoms with Gasteiger partial charge in [0.15, 0.2) is 0 Å². The van der Waals surface area contributed by atoms with Gasteiger partial charge in [0.05, 0.1) is 4.92 Å². The minimum Gasteiger partial charge on any atom is -0.362 e. The van der Waals surface area contributed by atoms with Crippen LogP contribution in [0.3, 0.4) is 0 Å². The van der Waals surface area contributed by atoms with Crippen LogP contribution >= 0.6 is 0 Å². The number of halogens is 2. The standard InChI is InChI=1S/C13H15F2N3O2/c1-7-10-5-16-4-8(10)6-17(7)12-3-9(14)2-11(15)13(12)18(19)20/h2-3,7-8,10,16H,4-6H2,1H3. The zero-order valence-electron chi connectivity index (χ0n) is 11.0. The number of rotatable bonds is 2. The van der Waals surface area contributed by atoms with Gasteiger partial charge in [-0.15, -0.1) is 0 Å². The molecule has 0 radical (unpaired) electrons. The second-order valence-corrected chi connectivity index (χ2v) is 5.49. The lowest BCUT2D eigenvalue weighted by atomic mass is 9.95. The van der Waals surface area contributed by atoms with Gasteiger partial charge in [-0.25, -0.2) is 4.39 Å². The number of nitro groups is 1. The van der Waals surface area contributed by atoms with Gasteiger partial charge in [0.2, 0.25) is 5.82 Å². The number of nitrogens with zero attached hydrogens (tertiary/aromatic N) is 2. The molecule has 3 unspecified atom stereocenters. The van der Waals surface area contributed by atoms with E-state index in [9.17, 15) is 18.9 Å². The molecule has 1 aromatic rings. The van der Waals surface area contributed by atoms with Gasteiger partial charge in [0.1, 0.15) is 11.5 Å². The number of hydrogen-bond donors (Lipinski definition) is 1. The van der Waals surface area contributed by atoms with Crippen molar-refractivity contribution in [1.82, 2.24) is 5.32 Å². The Hall–Kier alpha value is -1.76. The van der Waals surface area contributed by atoms with E-state index in [1.165, 1.54) is 0 Å². The Bertz CT molecular complexity index is 567. The maximum Gasteiger partial charge on any atom is 0.328 e. The Labute approximate surface area is 114 Å². The Morgan fingerprint density at radius 3 is 2.80 bits per heavy atom. The molecule has 0 bridgehead atoms. The van der Waals surface area contributed by atoms with Gasteiger partial charge in [0.25, 0.3) is 0 Å². The van der Waals surface area contributed by atoms with E-state index in [4.69, 9.17) is 0 Å². The summed E-state index contributed by atoms with van der Waals surface area (Å²) >= 11 is 0. The van der Waals surface area contributed by atoms with Crippen molar-refractivity contribution in [2.75, 3.05) is 24.5 Å². The summed E-state index contributed by atoms with van der Waals surface area (Å²) in [6.45, 7) is 4.22. The highest BCUT2D eigenvalue weighted by atomic mass is 19.1. The molecule has 2 heterocycles. The number of hydrogen-bond acceptors (Lipinski definition) is 4. The molecule has 1 N–H and O–H groups in total. The quantitative estimate of drug-likeness (QED) is 0.665. The molecule has 3 rings (SSSR count). The van der Waals surface area contributed by atoms with E-state index in [2.05, 4.69) is 5.32 Å². The fourth-order valence-electron chi connectivity index (χ4n) is 3.44. The summed E-state index contributed by atoms with van der Waals surface area (Å²) in [4.78, 5) is 12.1. The minimum absolute atomic E-state index is 0.0231. The average Bonchev–Trinajstić information content (AvgIpc) is 2.91. The maximum atomic E-state index is 13.7. The van der Waals surface area contributed by atoms with Gasteiger partial charge in [-0.1, -0.05) is 0 Å². The van der Waals surface area contributed by atoms with Gasteiger partial charge in [-0.05, 0) is 18.8 Å². The maximum absolute atomic E-state index is 13.7. The molecule has 5 nitrogen and oxygen atoms in total. The average molecular weight is 283 g/mol. The molecule has 2 aliphatic heterocycles. The van der Waals surface area contributed by atoms with Crippen molar-refractivity contribution < 1.29 is 13.7 Å². The number of nitrogens with one attached hydrogen (secondary N) is 1. The third kappa shape index (κ3) is 1.93. The van der Waals surface area contributed by atoms with Gasteiger partial charge in [-0.3, -0.25) is 10.1 Å². The lowest BCUT2D eigenvalue weighted by Crippen LogP contribution is -2.33. The van der Waals surface area contributed by atoms with Crippen molar-refractivity contribution in [1.29, 1.82) is 0 Å². The summed E-state index contributed by atoms with van der Waals surface area (Å²) in [6.07, 6.45) is 0. The monoisotopic (exact) mass is 283 g/mol. The van der Waals surface area contributed by atoms with Crippen molar-refractivity contribution in [2.24, 2.45) is 11.8 Å². The first-order chi connectivity index (χ1) is 9.49. The predicted octanol–water partition coefficient (Wildman–Crippen LogP) is 1.92. The van der Waals surface area contributed by atoms with E-state index in [1.54, 1.807) is 4.90 Å². The first-order valence-corrected chi connectivity index (χ1v) is 6.60. The van der Waals surface area contributed by atoms with Crippen LogP contribution in [0.25, 0.3) is 0 Å². The summed E-state index contributed by atoms with van der Waals surface area (Å²) < 4.78 is 27.2. The van der Waals surface area contributed by atoms with Crippen LogP contribution in [0.5, 0.6) is 0 Å². The van der Waals surface area contributed by atoms with Crippen molar-refractivity contribution in [2.45, 2.75) is 13.0 Å². The molecule has 2 fully saturated rings. The second kappa shape index (κ2) is 4.66. The van der Waals surface area contributed by atoms with Crippen LogP contribution < -0.4 is 10.2 Å². The predicted molar refractivity (Wildman–Crippen MR) is 69.7 cm³/mol. The van der Waals surface area contributed by atoms with Crippen LogP contribution in [-0.2, 0) is 0 Å². The smallest absolute Gasteiger partial charge is 0.328 e. The fraction of sp³-hybridized carbons (Fsp3) is 0.538. The molecule has 7 heteroatoms.